The van der Waals surface area contributed by atoms with Gasteiger partial charge in [-0.2, -0.15) is 5.10 Å². The molecule has 132 valence electrons. The molecular weight excluding hydrogens is 453 g/mol. The second-order valence-electron chi connectivity index (χ2n) is 5.43. The van der Waals surface area contributed by atoms with Crippen LogP contribution in [0, 0.1) is 3.57 Å². The van der Waals surface area contributed by atoms with Crippen LogP contribution in [-0.4, -0.2) is 33.3 Å². The topological polar surface area (TPSA) is 78.8 Å². The summed E-state index contributed by atoms with van der Waals surface area (Å²) in [5, 5.41) is 4.12. The van der Waals surface area contributed by atoms with Gasteiger partial charge in [0.15, 0.2) is 0 Å². The minimum Gasteiger partial charge on any atom is -0.274 e. The normalized spacial score (nSPS) is 11.9. The van der Waals surface area contributed by atoms with E-state index >= 15 is 0 Å². The first-order chi connectivity index (χ1) is 11.7. The summed E-state index contributed by atoms with van der Waals surface area (Å²) < 4.78 is 25.3. The number of rotatable bonds is 5. The third kappa shape index (κ3) is 5.27. The zero-order chi connectivity index (χ0) is 18.6. The number of hydrazone groups is 1. The molecule has 0 aliphatic carbocycles. The quantitative estimate of drug-likeness (QED) is 0.414. The van der Waals surface area contributed by atoms with E-state index < -0.39 is 10.0 Å². The monoisotopic (exact) mass is 471 g/mol. The van der Waals surface area contributed by atoms with Crippen LogP contribution in [0.25, 0.3) is 0 Å². The molecule has 0 unspecified atom stereocenters. The number of benzene rings is 2. The summed E-state index contributed by atoms with van der Waals surface area (Å²) in [5.74, 6) is -0.362. The summed E-state index contributed by atoms with van der Waals surface area (Å²) in [7, 11) is -1.88. The number of amides is 1. The van der Waals surface area contributed by atoms with E-state index in [1.807, 2.05) is 31.2 Å². The third-order valence-corrected chi connectivity index (χ3v) is 5.43. The maximum atomic E-state index is 12.2. The van der Waals surface area contributed by atoms with E-state index in [1.165, 1.54) is 7.05 Å². The summed E-state index contributed by atoms with van der Waals surface area (Å²) in [6.45, 7) is 1.82. The van der Waals surface area contributed by atoms with Gasteiger partial charge in [-0.15, -0.1) is 0 Å². The van der Waals surface area contributed by atoms with Crippen molar-refractivity contribution < 1.29 is 13.2 Å². The molecule has 0 saturated heterocycles. The zero-order valence-electron chi connectivity index (χ0n) is 14.0. The Bertz CT molecular complexity index is 909. The van der Waals surface area contributed by atoms with Crippen LogP contribution < -0.4 is 9.73 Å². The molecular formula is C17H18IN3O3S. The van der Waals surface area contributed by atoms with Gasteiger partial charge in [0.05, 0.1) is 17.7 Å². The van der Waals surface area contributed by atoms with Crippen LogP contribution in [0.15, 0.2) is 53.6 Å². The SMILES string of the molecule is C/C(=N/NC(=O)c1ccc(N(C)S(C)(=O)=O)cc1)c1cccc(I)c1. The molecule has 0 fully saturated rings. The smallest absolute Gasteiger partial charge is 0.271 e. The lowest BCUT2D eigenvalue weighted by Crippen LogP contribution is -2.25. The van der Waals surface area contributed by atoms with Crippen molar-refractivity contribution in [1.82, 2.24) is 5.43 Å². The van der Waals surface area contributed by atoms with E-state index in [0.29, 0.717) is 17.0 Å². The highest BCUT2D eigenvalue weighted by Gasteiger charge is 2.12. The Morgan fingerprint density at radius 2 is 1.76 bits per heavy atom. The highest BCUT2D eigenvalue weighted by atomic mass is 127. The van der Waals surface area contributed by atoms with E-state index in [0.717, 1.165) is 19.7 Å². The summed E-state index contributed by atoms with van der Waals surface area (Å²) in [6, 6.07) is 14.1. The number of halogens is 1. The average molecular weight is 471 g/mol. The van der Waals surface area contributed by atoms with E-state index in [9.17, 15) is 13.2 Å². The van der Waals surface area contributed by atoms with Crippen molar-refractivity contribution in [2.75, 3.05) is 17.6 Å². The van der Waals surface area contributed by atoms with Gasteiger partial charge in [0.1, 0.15) is 0 Å². The van der Waals surface area contributed by atoms with Crippen molar-refractivity contribution in [1.29, 1.82) is 0 Å². The van der Waals surface area contributed by atoms with Crippen molar-refractivity contribution >= 4 is 49.9 Å². The van der Waals surface area contributed by atoms with Crippen molar-refractivity contribution in [3.05, 3.63) is 63.2 Å². The molecule has 2 aromatic carbocycles. The molecule has 1 amide bonds. The largest absolute Gasteiger partial charge is 0.274 e. The second-order valence-corrected chi connectivity index (χ2v) is 8.69. The van der Waals surface area contributed by atoms with Gasteiger partial charge in [-0.3, -0.25) is 9.10 Å². The van der Waals surface area contributed by atoms with Gasteiger partial charge in [-0.1, -0.05) is 12.1 Å². The van der Waals surface area contributed by atoms with Crippen LogP contribution in [0.3, 0.4) is 0 Å². The molecule has 6 nitrogen and oxygen atoms in total. The molecule has 0 spiro atoms. The molecule has 8 heteroatoms. The lowest BCUT2D eigenvalue weighted by Gasteiger charge is -2.16. The molecule has 2 rings (SSSR count). The first-order valence-corrected chi connectivity index (χ1v) is 10.3. The Kier molecular flexibility index (Phi) is 6.17. The van der Waals surface area contributed by atoms with Crippen LogP contribution in [-0.2, 0) is 10.0 Å². The number of carbonyl (C=O) groups is 1. The molecule has 2 aromatic rings. The summed E-state index contributed by atoms with van der Waals surface area (Å²) in [6.07, 6.45) is 1.12. The number of anilines is 1. The molecule has 0 bridgehead atoms. The molecule has 0 saturated carbocycles. The Morgan fingerprint density at radius 1 is 1.12 bits per heavy atom. The fourth-order valence-electron chi connectivity index (χ4n) is 1.99. The van der Waals surface area contributed by atoms with E-state index in [-0.39, 0.29) is 5.91 Å². The van der Waals surface area contributed by atoms with Gasteiger partial charge in [0.25, 0.3) is 5.91 Å². The van der Waals surface area contributed by atoms with Gasteiger partial charge in [-0.25, -0.2) is 13.8 Å². The average Bonchev–Trinajstić information content (AvgIpc) is 2.58. The molecule has 0 radical (unpaired) electrons. The van der Waals surface area contributed by atoms with Gasteiger partial charge >= 0.3 is 0 Å². The maximum absolute atomic E-state index is 12.2. The second kappa shape index (κ2) is 7.96. The minimum absolute atomic E-state index is 0.362. The van der Waals surface area contributed by atoms with Gasteiger partial charge in [0, 0.05) is 16.2 Å². The highest BCUT2D eigenvalue weighted by molar-refractivity contribution is 14.1. The van der Waals surface area contributed by atoms with Crippen molar-refractivity contribution in [2.24, 2.45) is 5.10 Å². The molecule has 25 heavy (non-hydrogen) atoms. The van der Waals surface area contributed by atoms with Crippen molar-refractivity contribution in [3.8, 4) is 0 Å². The summed E-state index contributed by atoms with van der Waals surface area (Å²) >= 11 is 2.21. The summed E-state index contributed by atoms with van der Waals surface area (Å²) in [4.78, 5) is 12.2. The van der Waals surface area contributed by atoms with Gasteiger partial charge in [0.2, 0.25) is 10.0 Å². The Balaban J connectivity index is 2.10. The number of carbonyl (C=O) groups excluding carboxylic acids is 1. The van der Waals surface area contributed by atoms with E-state index in [4.69, 9.17) is 0 Å². The lowest BCUT2D eigenvalue weighted by atomic mass is 10.1. The van der Waals surface area contributed by atoms with Crippen LogP contribution in [0.4, 0.5) is 5.69 Å². The number of nitrogens with one attached hydrogen (secondary N) is 1. The van der Waals surface area contributed by atoms with Crippen LogP contribution in [0.2, 0.25) is 0 Å². The standard InChI is InChI=1S/C17H18IN3O3S/c1-12(14-5-4-6-15(18)11-14)19-20-17(22)13-7-9-16(10-8-13)21(2)25(3,23)24/h4-11H,1-3H3,(H,20,22)/b19-12-. The van der Waals surface area contributed by atoms with E-state index in [1.54, 1.807) is 24.3 Å². The number of nitrogens with zero attached hydrogens (tertiary/aromatic N) is 2. The zero-order valence-corrected chi connectivity index (χ0v) is 17.0. The van der Waals surface area contributed by atoms with Gasteiger partial charge < -0.3 is 0 Å². The van der Waals surface area contributed by atoms with Gasteiger partial charge in [-0.05, 0) is 71.5 Å². The maximum Gasteiger partial charge on any atom is 0.271 e. The third-order valence-electron chi connectivity index (χ3n) is 3.56. The predicted molar refractivity (Wildman–Crippen MR) is 109 cm³/mol. The Hall–Kier alpha value is -1.94. The van der Waals surface area contributed by atoms with Crippen LogP contribution >= 0.6 is 22.6 Å². The lowest BCUT2D eigenvalue weighted by molar-refractivity contribution is 0.0955. The van der Waals surface area contributed by atoms with E-state index in [2.05, 4.69) is 33.1 Å². The molecule has 1 N–H and O–H groups in total. The minimum atomic E-state index is -3.33. The Labute approximate surface area is 161 Å². The van der Waals surface area contributed by atoms with Crippen molar-refractivity contribution in [3.63, 3.8) is 0 Å². The number of hydrogen-bond donors (Lipinski definition) is 1. The highest BCUT2D eigenvalue weighted by Crippen LogP contribution is 2.16. The molecule has 0 aliphatic heterocycles. The van der Waals surface area contributed by atoms with Crippen LogP contribution in [0.5, 0.6) is 0 Å². The van der Waals surface area contributed by atoms with Crippen LogP contribution in [0.1, 0.15) is 22.8 Å². The molecule has 0 heterocycles. The Morgan fingerprint density at radius 3 is 2.32 bits per heavy atom. The summed E-state index contributed by atoms with van der Waals surface area (Å²) in [5.41, 5.74) is 5.01. The fraction of sp³-hybridized carbons (Fsp3) is 0.176. The first kappa shape index (κ1) is 19.4. The molecule has 0 aliphatic rings. The molecule has 0 aromatic heterocycles. The van der Waals surface area contributed by atoms with Crippen molar-refractivity contribution in [2.45, 2.75) is 6.92 Å². The molecule has 0 atom stereocenters. The number of hydrogen-bond acceptors (Lipinski definition) is 4. The number of sulfonamides is 1. The predicted octanol–water partition coefficient (Wildman–Crippen LogP) is 2.84. The first-order valence-electron chi connectivity index (χ1n) is 7.33. The fourth-order valence-corrected chi connectivity index (χ4v) is 3.04.